The minimum absolute atomic E-state index is 1.28. The van der Waals surface area contributed by atoms with E-state index in [0.29, 0.717) is 0 Å². The molecule has 0 amide bonds. The molecule has 0 radical (unpaired) electrons. The van der Waals surface area contributed by atoms with Gasteiger partial charge < -0.3 is 0 Å². The van der Waals surface area contributed by atoms with Gasteiger partial charge in [-0.15, -0.1) is 0 Å². The van der Waals surface area contributed by atoms with Gasteiger partial charge in [-0.1, -0.05) is 115 Å². The Balaban J connectivity index is 1.61. The van der Waals surface area contributed by atoms with E-state index in [0.717, 1.165) is 0 Å². The van der Waals surface area contributed by atoms with Crippen LogP contribution in [0, 0.1) is 0 Å². The van der Waals surface area contributed by atoms with Gasteiger partial charge in [-0.05, 0) is 71.1 Å². The van der Waals surface area contributed by atoms with Gasteiger partial charge in [0.2, 0.25) is 0 Å². The van der Waals surface area contributed by atoms with Crippen molar-refractivity contribution >= 4 is 53.9 Å². The Morgan fingerprint density at radius 2 is 0.719 bits per heavy atom. The molecule has 7 aromatic rings. The average Bonchev–Trinajstić information content (AvgIpc) is 2.87. The van der Waals surface area contributed by atoms with Crippen LogP contribution in [-0.2, 0) is 0 Å². The van der Waals surface area contributed by atoms with Crippen LogP contribution in [0.25, 0.3) is 65.0 Å². The fourth-order valence-corrected chi connectivity index (χ4v) is 5.37. The monoisotopic (exact) mass is 404 g/mol. The van der Waals surface area contributed by atoms with Gasteiger partial charge in [0.25, 0.3) is 0 Å². The van der Waals surface area contributed by atoms with Gasteiger partial charge in [-0.3, -0.25) is 0 Å². The highest BCUT2D eigenvalue weighted by atomic mass is 14.2. The smallest absolute Gasteiger partial charge is 0.00928 e. The molecule has 0 N–H and O–H groups in total. The molecule has 0 aromatic heterocycles. The lowest BCUT2D eigenvalue weighted by molar-refractivity contribution is 1.71. The predicted molar refractivity (Wildman–Crippen MR) is 139 cm³/mol. The summed E-state index contributed by atoms with van der Waals surface area (Å²) in [7, 11) is 0. The lowest BCUT2D eigenvalue weighted by Crippen LogP contribution is -1.87. The fraction of sp³-hybridized carbons (Fsp3) is 0. The lowest BCUT2D eigenvalue weighted by Gasteiger charge is -2.15. The van der Waals surface area contributed by atoms with E-state index in [2.05, 4.69) is 121 Å². The second kappa shape index (κ2) is 6.67. The maximum atomic E-state index is 2.36. The van der Waals surface area contributed by atoms with Crippen molar-refractivity contribution < 1.29 is 0 Å². The lowest BCUT2D eigenvalue weighted by atomic mass is 9.89. The minimum Gasteiger partial charge on any atom is -0.0616 e. The van der Waals surface area contributed by atoms with E-state index < -0.39 is 0 Å². The largest absolute Gasteiger partial charge is 0.0616 e. The van der Waals surface area contributed by atoms with Crippen molar-refractivity contribution in [2.24, 2.45) is 0 Å². The molecule has 32 heavy (non-hydrogen) atoms. The Bertz CT molecular complexity index is 1820. The zero-order valence-corrected chi connectivity index (χ0v) is 17.5. The molecule has 0 unspecified atom stereocenters. The zero-order valence-electron chi connectivity index (χ0n) is 17.5. The summed E-state index contributed by atoms with van der Waals surface area (Å²) < 4.78 is 0. The summed E-state index contributed by atoms with van der Waals surface area (Å²) in [5.41, 5.74) is 2.59. The van der Waals surface area contributed by atoms with Crippen LogP contribution in [0.2, 0.25) is 0 Å². The van der Waals surface area contributed by atoms with Crippen LogP contribution >= 0.6 is 0 Å². The second-order valence-corrected chi connectivity index (χ2v) is 8.54. The summed E-state index contributed by atoms with van der Waals surface area (Å²) in [6, 6.07) is 44.4. The normalized spacial score (nSPS) is 11.8. The Morgan fingerprint density at radius 1 is 0.250 bits per heavy atom. The van der Waals surface area contributed by atoms with Crippen molar-refractivity contribution in [3.63, 3.8) is 0 Å². The van der Waals surface area contributed by atoms with E-state index >= 15 is 0 Å². The summed E-state index contributed by atoms with van der Waals surface area (Å²) >= 11 is 0. The highest BCUT2D eigenvalue weighted by molar-refractivity contribution is 6.21. The van der Waals surface area contributed by atoms with Crippen LogP contribution < -0.4 is 0 Å². The molecule has 0 aliphatic heterocycles. The first-order valence-electron chi connectivity index (χ1n) is 11.1. The standard InChI is InChI=1S/C32H20/c1-3-10-23-21(8-1)16-17-30-26-14-7-15-28(31(26)19-18-29(23)30)32-20-22-9-2-4-11-24(22)25-12-5-6-13-27(25)32/h1-20H. The maximum Gasteiger partial charge on any atom is -0.00928 e. The molecule has 0 heteroatoms. The highest BCUT2D eigenvalue weighted by Gasteiger charge is 2.12. The molecule has 0 fully saturated rings. The Kier molecular flexibility index (Phi) is 3.65. The van der Waals surface area contributed by atoms with Gasteiger partial charge in [0.15, 0.2) is 0 Å². The summed E-state index contributed by atoms with van der Waals surface area (Å²) in [4.78, 5) is 0. The third kappa shape index (κ3) is 2.44. The van der Waals surface area contributed by atoms with Crippen molar-refractivity contribution in [2.75, 3.05) is 0 Å². The third-order valence-electron chi connectivity index (χ3n) is 6.84. The van der Waals surface area contributed by atoms with Gasteiger partial charge in [0.05, 0.1) is 0 Å². The Hall–Kier alpha value is -4.16. The van der Waals surface area contributed by atoms with Gasteiger partial charge in [0.1, 0.15) is 0 Å². The molecule has 0 heterocycles. The zero-order chi connectivity index (χ0) is 21.1. The van der Waals surface area contributed by atoms with Crippen molar-refractivity contribution in [3.8, 4) is 11.1 Å². The first-order chi connectivity index (χ1) is 15.9. The number of fused-ring (bicyclic) bond motifs is 8. The number of hydrogen-bond donors (Lipinski definition) is 0. The Labute approximate surface area is 186 Å². The highest BCUT2D eigenvalue weighted by Crippen LogP contribution is 2.40. The molecule has 0 nitrogen and oxygen atoms in total. The van der Waals surface area contributed by atoms with E-state index in [-0.39, 0.29) is 0 Å². The Morgan fingerprint density at radius 3 is 1.56 bits per heavy atom. The quantitative estimate of drug-likeness (QED) is 0.239. The van der Waals surface area contributed by atoms with Gasteiger partial charge >= 0.3 is 0 Å². The van der Waals surface area contributed by atoms with Gasteiger partial charge in [-0.2, -0.15) is 0 Å². The molecule has 148 valence electrons. The molecule has 0 atom stereocenters. The van der Waals surface area contributed by atoms with Crippen molar-refractivity contribution in [3.05, 3.63) is 121 Å². The number of hydrogen-bond acceptors (Lipinski definition) is 0. The SMILES string of the molecule is c1ccc2c(c1)cc(-c1cccc3c1ccc1c4ccccc4ccc31)c1ccccc12. The third-order valence-corrected chi connectivity index (χ3v) is 6.84. The van der Waals surface area contributed by atoms with Crippen LogP contribution in [0.4, 0.5) is 0 Å². The van der Waals surface area contributed by atoms with Crippen molar-refractivity contribution in [2.45, 2.75) is 0 Å². The number of rotatable bonds is 1. The summed E-state index contributed by atoms with van der Waals surface area (Å²) in [5, 5.41) is 13.0. The molecular formula is C32H20. The second-order valence-electron chi connectivity index (χ2n) is 8.54. The molecule has 0 aliphatic rings. The molecule has 0 aliphatic carbocycles. The average molecular weight is 405 g/mol. The van der Waals surface area contributed by atoms with Crippen LogP contribution in [0.3, 0.4) is 0 Å². The molecule has 0 spiro atoms. The summed E-state index contributed by atoms with van der Waals surface area (Å²) in [5.74, 6) is 0. The van der Waals surface area contributed by atoms with E-state index in [1.54, 1.807) is 0 Å². The van der Waals surface area contributed by atoms with E-state index in [4.69, 9.17) is 0 Å². The molecule has 0 bridgehead atoms. The minimum atomic E-state index is 1.28. The molecule has 0 saturated carbocycles. The predicted octanol–water partition coefficient (Wildman–Crippen LogP) is 9.12. The van der Waals surface area contributed by atoms with Crippen LogP contribution in [-0.4, -0.2) is 0 Å². The maximum absolute atomic E-state index is 2.36. The molecule has 7 rings (SSSR count). The van der Waals surface area contributed by atoms with E-state index in [1.165, 1.54) is 65.0 Å². The van der Waals surface area contributed by atoms with Crippen LogP contribution in [0.15, 0.2) is 121 Å². The van der Waals surface area contributed by atoms with Gasteiger partial charge in [-0.25, -0.2) is 0 Å². The fourth-order valence-electron chi connectivity index (χ4n) is 5.37. The number of benzene rings is 7. The summed E-state index contributed by atoms with van der Waals surface area (Å²) in [6.07, 6.45) is 0. The first-order valence-corrected chi connectivity index (χ1v) is 11.1. The molecule has 7 aromatic carbocycles. The van der Waals surface area contributed by atoms with Crippen LogP contribution in [0.1, 0.15) is 0 Å². The van der Waals surface area contributed by atoms with E-state index in [1.807, 2.05) is 0 Å². The molecular weight excluding hydrogens is 384 g/mol. The first kappa shape index (κ1) is 17.5. The van der Waals surface area contributed by atoms with Crippen LogP contribution in [0.5, 0.6) is 0 Å². The van der Waals surface area contributed by atoms with Gasteiger partial charge in [0, 0.05) is 0 Å². The molecule has 0 saturated heterocycles. The van der Waals surface area contributed by atoms with Crippen molar-refractivity contribution in [1.29, 1.82) is 0 Å². The topological polar surface area (TPSA) is 0 Å². The van der Waals surface area contributed by atoms with Crippen molar-refractivity contribution in [1.82, 2.24) is 0 Å². The van der Waals surface area contributed by atoms with E-state index in [9.17, 15) is 0 Å². The summed E-state index contributed by atoms with van der Waals surface area (Å²) in [6.45, 7) is 0.